The average molecular weight is 402 g/mol. The first-order valence-corrected chi connectivity index (χ1v) is 10.9. The standard InChI is InChI=1S/C24H23N3OS/c1-17-6-8-18(9-7-17)15-26(22-11-10-19-4-2-3-5-21(19)22)16-20-14-23(28)27-12-13-29-24(27)25-20/h2-9,12-14,22H,10-11,15-16H2,1H3/t22-/m0/s1. The first-order chi connectivity index (χ1) is 14.2. The number of thiazole rings is 1. The highest BCUT2D eigenvalue weighted by Crippen LogP contribution is 2.37. The third-order valence-electron chi connectivity index (χ3n) is 5.77. The SMILES string of the molecule is Cc1ccc(CN(Cc2cc(=O)n3ccsc3n2)[C@H]2CCc3ccccc32)cc1. The van der Waals surface area contributed by atoms with Gasteiger partial charge in [-0.1, -0.05) is 54.1 Å². The Labute approximate surface area is 174 Å². The van der Waals surface area contributed by atoms with Gasteiger partial charge in [0.25, 0.3) is 5.56 Å². The molecule has 5 rings (SSSR count). The molecule has 4 nitrogen and oxygen atoms in total. The van der Waals surface area contributed by atoms with Gasteiger partial charge < -0.3 is 0 Å². The largest absolute Gasteiger partial charge is 0.286 e. The van der Waals surface area contributed by atoms with E-state index in [0.29, 0.717) is 12.6 Å². The predicted octanol–water partition coefficient (Wildman–Crippen LogP) is 4.75. The highest BCUT2D eigenvalue weighted by molar-refractivity contribution is 7.15. The summed E-state index contributed by atoms with van der Waals surface area (Å²) in [6.45, 7) is 3.61. The average Bonchev–Trinajstić information content (AvgIpc) is 3.36. The quantitative estimate of drug-likeness (QED) is 0.484. The number of rotatable bonds is 5. The van der Waals surface area contributed by atoms with Gasteiger partial charge in [-0.2, -0.15) is 0 Å². The second-order valence-corrected chi connectivity index (χ2v) is 8.66. The van der Waals surface area contributed by atoms with E-state index in [1.807, 2.05) is 5.38 Å². The van der Waals surface area contributed by atoms with Crippen LogP contribution in [0.2, 0.25) is 0 Å². The minimum Gasteiger partial charge on any atom is -0.286 e. The Bertz CT molecular complexity index is 1210. The van der Waals surface area contributed by atoms with Crippen LogP contribution < -0.4 is 5.56 Å². The molecule has 4 aromatic rings. The summed E-state index contributed by atoms with van der Waals surface area (Å²) in [4.78, 5) is 20.5. The first-order valence-electron chi connectivity index (χ1n) is 10.0. The van der Waals surface area contributed by atoms with E-state index in [4.69, 9.17) is 4.98 Å². The molecule has 0 fully saturated rings. The molecule has 0 aliphatic heterocycles. The van der Waals surface area contributed by atoms with Gasteiger partial charge in [0.05, 0.1) is 5.69 Å². The topological polar surface area (TPSA) is 37.6 Å². The highest BCUT2D eigenvalue weighted by atomic mass is 32.1. The molecule has 0 saturated carbocycles. The Morgan fingerprint density at radius 3 is 2.83 bits per heavy atom. The number of aryl methyl sites for hydroxylation is 2. The van der Waals surface area contributed by atoms with Crippen molar-refractivity contribution in [2.75, 3.05) is 0 Å². The van der Waals surface area contributed by atoms with Gasteiger partial charge in [-0.05, 0) is 36.5 Å². The van der Waals surface area contributed by atoms with Crippen molar-refractivity contribution >= 4 is 16.3 Å². The molecular weight excluding hydrogens is 378 g/mol. The lowest BCUT2D eigenvalue weighted by Gasteiger charge is -2.29. The molecule has 2 heterocycles. The fourth-order valence-corrected chi connectivity index (χ4v) is 5.03. The zero-order valence-corrected chi connectivity index (χ0v) is 17.2. The van der Waals surface area contributed by atoms with Crippen LogP contribution >= 0.6 is 11.3 Å². The maximum atomic E-state index is 12.5. The number of nitrogens with zero attached hydrogens (tertiary/aromatic N) is 3. The summed E-state index contributed by atoms with van der Waals surface area (Å²) in [6.07, 6.45) is 3.99. The molecule has 1 aliphatic rings. The number of aromatic nitrogens is 2. The van der Waals surface area contributed by atoms with Gasteiger partial charge in [-0.25, -0.2) is 4.98 Å². The zero-order chi connectivity index (χ0) is 19.8. The van der Waals surface area contributed by atoms with Crippen molar-refractivity contribution in [2.45, 2.75) is 38.9 Å². The molecule has 146 valence electrons. The van der Waals surface area contributed by atoms with E-state index < -0.39 is 0 Å². The summed E-state index contributed by atoms with van der Waals surface area (Å²) >= 11 is 1.50. The van der Waals surface area contributed by atoms with E-state index in [1.165, 1.54) is 33.6 Å². The molecule has 1 atom stereocenters. The molecular formula is C24H23N3OS. The second kappa shape index (κ2) is 7.58. The Morgan fingerprint density at radius 1 is 1.14 bits per heavy atom. The summed E-state index contributed by atoms with van der Waals surface area (Å²) in [5.41, 5.74) is 6.24. The second-order valence-electron chi connectivity index (χ2n) is 7.79. The van der Waals surface area contributed by atoms with E-state index in [2.05, 4.69) is 60.4 Å². The molecule has 1 aliphatic carbocycles. The smallest absolute Gasteiger partial charge is 0.258 e. The number of hydrogen-bond donors (Lipinski definition) is 0. The lowest BCUT2D eigenvalue weighted by Crippen LogP contribution is -2.28. The Morgan fingerprint density at radius 2 is 1.97 bits per heavy atom. The van der Waals surface area contributed by atoms with E-state index >= 15 is 0 Å². The molecule has 0 spiro atoms. The molecule has 0 amide bonds. The number of hydrogen-bond acceptors (Lipinski definition) is 4. The van der Waals surface area contributed by atoms with Gasteiger partial charge in [0.1, 0.15) is 0 Å². The van der Waals surface area contributed by atoms with Crippen molar-refractivity contribution in [3.8, 4) is 0 Å². The van der Waals surface area contributed by atoms with Crippen molar-refractivity contribution in [1.82, 2.24) is 14.3 Å². The fourth-order valence-electron chi connectivity index (χ4n) is 4.30. The van der Waals surface area contributed by atoms with Crippen molar-refractivity contribution in [3.63, 3.8) is 0 Å². The predicted molar refractivity (Wildman–Crippen MR) is 117 cm³/mol. The lowest BCUT2D eigenvalue weighted by atomic mass is 10.0. The summed E-state index contributed by atoms with van der Waals surface area (Å²) in [6, 6.07) is 19.5. The molecule has 2 aromatic carbocycles. The third-order valence-corrected chi connectivity index (χ3v) is 6.53. The van der Waals surface area contributed by atoms with Gasteiger partial charge in [-0.3, -0.25) is 14.1 Å². The van der Waals surface area contributed by atoms with Crippen molar-refractivity contribution < 1.29 is 0 Å². The molecule has 29 heavy (non-hydrogen) atoms. The third kappa shape index (κ3) is 3.63. The fraction of sp³-hybridized carbons (Fsp3) is 0.250. The minimum atomic E-state index is -0.00615. The van der Waals surface area contributed by atoms with Crippen molar-refractivity contribution in [1.29, 1.82) is 0 Å². The van der Waals surface area contributed by atoms with Crippen LogP contribution in [0.1, 0.15) is 40.4 Å². The maximum absolute atomic E-state index is 12.5. The zero-order valence-electron chi connectivity index (χ0n) is 16.4. The van der Waals surface area contributed by atoms with Gasteiger partial charge in [0, 0.05) is 36.8 Å². The summed E-state index contributed by atoms with van der Waals surface area (Å²) < 4.78 is 1.61. The minimum absolute atomic E-state index is 0.00615. The molecule has 0 radical (unpaired) electrons. The molecule has 0 saturated heterocycles. The Hall–Kier alpha value is -2.76. The molecule has 2 aromatic heterocycles. The highest BCUT2D eigenvalue weighted by Gasteiger charge is 2.28. The summed E-state index contributed by atoms with van der Waals surface area (Å²) in [7, 11) is 0. The van der Waals surface area contributed by atoms with Crippen LogP contribution in [0, 0.1) is 6.92 Å². The van der Waals surface area contributed by atoms with E-state index in [0.717, 1.165) is 30.0 Å². The van der Waals surface area contributed by atoms with Crippen molar-refractivity contribution in [2.24, 2.45) is 0 Å². The van der Waals surface area contributed by atoms with E-state index in [1.54, 1.807) is 16.7 Å². The van der Waals surface area contributed by atoms with Gasteiger partial charge in [0.15, 0.2) is 4.96 Å². The molecule has 0 unspecified atom stereocenters. The van der Waals surface area contributed by atoms with Crippen LogP contribution in [-0.2, 0) is 19.5 Å². The number of benzene rings is 2. The molecule has 5 heteroatoms. The van der Waals surface area contributed by atoms with Crippen molar-refractivity contribution in [3.05, 3.63) is 104 Å². The summed E-state index contributed by atoms with van der Waals surface area (Å²) in [5, 5.41) is 1.91. The normalized spacial score (nSPS) is 15.9. The first kappa shape index (κ1) is 18.3. The Kier molecular flexibility index (Phi) is 4.78. The van der Waals surface area contributed by atoms with Crippen LogP contribution in [-0.4, -0.2) is 14.3 Å². The monoisotopic (exact) mass is 401 g/mol. The van der Waals surface area contributed by atoms with Gasteiger partial charge in [-0.15, -0.1) is 11.3 Å². The maximum Gasteiger partial charge on any atom is 0.258 e. The van der Waals surface area contributed by atoms with Crippen LogP contribution in [0.15, 0.2) is 71.0 Å². The molecule has 0 N–H and O–H groups in total. The van der Waals surface area contributed by atoms with Crippen LogP contribution in [0.25, 0.3) is 4.96 Å². The lowest BCUT2D eigenvalue weighted by molar-refractivity contribution is 0.176. The number of fused-ring (bicyclic) bond motifs is 2. The van der Waals surface area contributed by atoms with Gasteiger partial charge >= 0.3 is 0 Å². The van der Waals surface area contributed by atoms with Crippen LogP contribution in [0.5, 0.6) is 0 Å². The molecule has 0 bridgehead atoms. The van der Waals surface area contributed by atoms with E-state index in [-0.39, 0.29) is 5.56 Å². The van der Waals surface area contributed by atoms with Crippen LogP contribution in [0.4, 0.5) is 0 Å². The Balaban J connectivity index is 1.50. The van der Waals surface area contributed by atoms with Gasteiger partial charge in [0.2, 0.25) is 0 Å². The van der Waals surface area contributed by atoms with E-state index in [9.17, 15) is 4.79 Å². The summed E-state index contributed by atoms with van der Waals surface area (Å²) in [5.74, 6) is 0. The van der Waals surface area contributed by atoms with Crippen LogP contribution in [0.3, 0.4) is 0 Å².